The van der Waals surface area contributed by atoms with Crippen molar-refractivity contribution in [2.24, 2.45) is 0 Å². The quantitative estimate of drug-likeness (QED) is 0.343. The fraction of sp³-hybridized carbons (Fsp3) is 0.304. The van der Waals surface area contributed by atoms with E-state index in [0.29, 0.717) is 4.32 Å². The van der Waals surface area contributed by atoms with Crippen molar-refractivity contribution in [1.82, 2.24) is 4.90 Å². The van der Waals surface area contributed by atoms with Gasteiger partial charge in [0.05, 0.1) is 0 Å². The molecule has 1 N–H and O–H groups in total. The van der Waals surface area contributed by atoms with Crippen LogP contribution in [-0.4, -0.2) is 47.0 Å². The summed E-state index contributed by atoms with van der Waals surface area (Å²) < 4.78 is 1.69. The Balaban J connectivity index is 1.88. The molecule has 0 aromatic heterocycles. The first-order valence-electron chi connectivity index (χ1n) is 9.73. The van der Waals surface area contributed by atoms with Crippen molar-refractivity contribution in [3.05, 3.63) is 78.4 Å². The number of benzene rings is 2. The number of carbonyl (C=O) groups is 1. The molecule has 0 aliphatic carbocycles. The first-order chi connectivity index (χ1) is 14.1. The fourth-order valence-electron chi connectivity index (χ4n) is 3.14. The summed E-state index contributed by atoms with van der Waals surface area (Å²) in [5.74, 6) is 0.674. The Hall–Kier alpha value is -1.43. The zero-order valence-corrected chi connectivity index (χ0v) is 19.7. The van der Waals surface area contributed by atoms with Crippen LogP contribution in [0.1, 0.15) is 31.4 Å². The van der Waals surface area contributed by atoms with Crippen molar-refractivity contribution >= 4 is 53.6 Å². The standard InChI is InChI=1S/C23H25NO2S2Se/c1-2-3-6-15-20(25)21(29-18-13-9-5-10-14-18)22(26)24-19(16-28-23(24)27)17-11-7-4-8-12-17/h4-15,19-21,25H,2-3,16H2,1H3/b15-6+/t19-,20-,21+/m0/s1. The maximum absolute atomic E-state index is 13.7. The van der Waals surface area contributed by atoms with Crippen LogP contribution in [-0.2, 0) is 4.79 Å². The fourth-order valence-corrected chi connectivity index (χ4v) is 6.76. The number of thioether (sulfide) groups is 1. The molecule has 152 valence electrons. The molecule has 1 heterocycles. The van der Waals surface area contributed by atoms with Gasteiger partial charge in [0.15, 0.2) is 0 Å². The van der Waals surface area contributed by atoms with E-state index in [2.05, 4.69) is 6.92 Å². The second kappa shape index (κ2) is 11.1. The third kappa shape index (κ3) is 5.80. The van der Waals surface area contributed by atoms with Gasteiger partial charge in [-0.15, -0.1) is 0 Å². The van der Waals surface area contributed by atoms with E-state index in [9.17, 15) is 9.90 Å². The Morgan fingerprint density at radius 1 is 1.24 bits per heavy atom. The number of rotatable bonds is 8. The molecular weight excluding hydrogens is 465 g/mol. The number of nitrogens with zero attached hydrogens (tertiary/aromatic N) is 1. The first-order valence-corrected chi connectivity index (χ1v) is 13.0. The summed E-state index contributed by atoms with van der Waals surface area (Å²) >= 11 is 6.87. The summed E-state index contributed by atoms with van der Waals surface area (Å²) in [6.07, 6.45) is 4.83. The Morgan fingerprint density at radius 2 is 1.90 bits per heavy atom. The molecule has 1 fully saturated rings. The molecule has 1 amide bonds. The van der Waals surface area contributed by atoms with Crippen molar-refractivity contribution in [3.8, 4) is 0 Å². The molecule has 1 aliphatic heterocycles. The minimum atomic E-state index is -0.820. The average molecular weight is 491 g/mol. The van der Waals surface area contributed by atoms with Gasteiger partial charge in [0.25, 0.3) is 0 Å². The van der Waals surface area contributed by atoms with Gasteiger partial charge < -0.3 is 0 Å². The van der Waals surface area contributed by atoms with E-state index in [0.717, 1.165) is 28.6 Å². The Kier molecular flexibility index (Phi) is 8.52. The van der Waals surface area contributed by atoms with Crippen LogP contribution >= 0.6 is 24.0 Å². The summed E-state index contributed by atoms with van der Waals surface area (Å²) in [4.78, 5) is 14.9. The molecule has 1 saturated heterocycles. The molecule has 0 bridgehead atoms. The topological polar surface area (TPSA) is 40.5 Å². The monoisotopic (exact) mass is 491 g/mol. The van der Waals surface area contributed by atoms with Crippen LogP contribution in [0, 0.1) is 0 Å². The normalized spacial score (nSPS) is 18.9. The summed E-state index contributed by atoms with van der Waals surface area (Å²) in [5.41, 5.74) is 1.08. The van der Waals surface area contributed by atoms with E-state index in [4.69, 9.17) is 12.2 Å². The van der Waals surface area contributed by atoms with Gasteiger partial charge in [-0.05, 0) is 0 Å². The van der Waals surface area contributed by atoms with Crippen molar-refractivity contribution in [2.45, 2.75) is 36.7 Å². The molecule has 29 heavy (non-hydrogen) atoms. The zero-order chi connectivity index (χ0) is 20.6. The molecule has 1 aliphatic rings. The van der Waals surface area contributed by atoms with Gasteiger partial charge in [0, 0.05) is 0 Å². The third-order valence-corrected chi connectivity index (χ3v) is 8.80. The number of carbonyl (C=O) groups excluding carboxylic acids is 1. The molecule has 6 heteroatoms. The SMILES string of the molecule is CCC/C=C/[C@H](O)[C@@H]([Se]c1ccccc1)C(=O)N1C(=S)SC[C@H]1c1ccccc1. The number of thiocarbonyl (C=S) groups is 1. The Labute approximate surface area is 188 Å². The van der Waals surface area contributed by atoms with E-state index in [-0.39, 0.29) is 26.9 Å². The molecule has 3 rings (SSSR count). The predicted octanol–water partition coefficient (Wildman–Crippen LogP) is 4.12. The number of hydrogen-bond acceptors (Lipinski definition) is 4. The summed E-state index contributed by atoms with van der Waals surface area (Å²) in [5, 5.41) is 10.9. The Morgan fingerprint density at radius 3 is 2.55 bits per heavy atom. The van der Waals surface area contributed by atoms with Crippen LogP contribution in [0.3, 0.4) is 0 Å². The zero-order valence-electron chi connectivity index (χ0n) is 16.3. The van der Waals surface area contributed by atoms with Gasteiger partial charge in [-0.2, -0.15) is 0 Å². The number of allylic oxidation sites excluding steroid dienone is 1. The van der Waals surface area contributed by atoms with E-state index in [1.54, 1.807) is 11.0 Å². The summed E-state index contributed by atoms with van der Waals surface area (Å²) in [6, 6.07) is 19.9. The summed E-state index contributed by atoms with van der Waals surface area (Å²) in [6.45, 7) is 2.09. The second-order valence-electron chi connectivity index (χ2n) is 6.77. The second-order valence-corrected chi connectivity index (χ2v) is 11.0. The minimum absolute atomic E-state index is 0.0774. The molecule has 0 saturated carbocycles. The van der Waals surface area contributed by atoms with Crippen LogP contribution in [0.2, 0.25) is 4.82 Å². The number of aliphatic hydroxyl groups is 1. The molecule has 2 aromatic carbocycles. The summed E-state index contributed by atoms with van der Waals surface area (Å²) in [7, 11) is 0. The molecule has 3 atom stereocenters. The van der Waals surface area contributed by atoms with Gasteiger partial charge in [-0.25, -0.2) is 0 Å². The molecule has 3 nitrogen and oxygen atoms in total. The van der Waals surface area contributed by atoms with E-state index >= 15 is 0 Å². The predicted molar refractivity (Wildman–Crippen MR) is 127 cm³/mol. The number of hydrogen-bond donors (Lipinski definition) is 1. The van der Waals surface area contributed by atoms with Crippen LogP contribution in [0.5, 0.6) is 0 Å². The van der Waals surface area contributed by atoms with Crippen LogP contribution in [0.25, 0.3) is 0 Å². The van der Waals surface area contributed by atoms with Crippen LogP contribution < -0.4 is 4.46 Å². The van der Waals surface area contributed by atoms with Crippen molar-refractivity contribution < 1.29 is 9.90 Å². The molecule has 2 aromatic rings. The van der Waals surface area contributed by atoms with Gasteiger partial charge in [-0.1, -0.05) is 0 Å². The molecule has 0 unspecified atom stereocenters. The number of amides is 1. The maximum atomic E-state index is 13.7. The average Bonchev–Trinajstić information content (AvgIpc) is 3.14. The Bertz CT molecular complexity index is 844. The van der Waals surface area contributed by atoms with Crippen molar-refractivity contribution in [2.75, 3.05) is 5.75 Å². The van der Waals surface area contributed by atoms with Crippen molar-refractivity contribution in [1.29, 1.82) is 0 Å². The van der Waals surface area contributed by atoms with Gasteiger partial charge >= 0.3 is 189 Å². The van der Waals surface area contributed by atoms with Gasteiger partial charge in [-0.3, -0.25) is 0 Å². The molecular formula is C23H25NO2S2Se. The van der Waals surface area contributed by atoms with E-state index in [1.807, 2.05) is 66.7 Å². The van der Waals surface area contributed by atoms with E-state index < -0.39 is 10.9 Å². The number of aliphatic hydroxyl groups excluding tert-OH is 1. The molecule has 0 radical (unpaired) electrons. The van der Waals surface area contributed by atoms with Gasteiger partial charge in [0.2, 0.25) is 0 Å². The molecule has 0 spiro atoms. The first kappa shape index (κ1) is 22.3. The van der Waals surface area contributed by atoms with Crippen LogP contribution in [0.15, 0.2) is 72.8 Å². The number of unbranched alkanes of at least 4 members (excludes halogenated alkanes) is 1. The third-order valence-electron chi connectivity index (χ3n) is 4.64. The van der Waals surface area contributed by atoms with Crippen molar-refractivity contribution in [3.63, 3.8) is 0 Å². The van der Waals surface area contributed by atoms with Gasteiger partial charge in [0.1, 0.15) is 0 Å². The van der Waals surface area contributed by atoms with E-state index in [1.165, 1.54) is 11.8 Å². The van der Waals surface area contributed by atoms with Crippen LogP contribution in [0.4, 0.5) is 0 Å².